The molecule has 1 aliphatic carbocycles. The lowest BCUT2D eigenvalue weighted by Gasteiger charge is -2.14. The minimum atomic E-state index is -0.498. The highest BCUT2D eigenvalue weighted by Crippen LogP contribution is 2.28. The molecule has 0 spiro atoms. The van der Waals surface area contributed by atoms with Crippen molar-refractivity contribution in [2.75, 3.05) is 7.11 Å². The third-order valence-corrected chi connectivity index (χ3v) is 4.10. The molecule has 0 heterocycles. The summed E-state index contributed by atoms with van der Waals surface area (Å²) in [6.07, 6.45) is 3.45. The Bertz CT molecular complexity index is 562. The quantitative estimate of drug-likeness (QED) is 0.615. The van der Waals surface area contributed by atoms with Gasteiger partial charge >= 0.3 is 5.69 Å². The third-order valence-electron chi connectivity index (χ3n) is 4.10. The van der Waals surface area contributed by atoms with Crippen LogP contribution in [0.15, 0.2) is 18.2 Å². The number of hydrogen-bond donors (Lipinski definition) is 2. The van der Waals surface area contributed by atoms with E-state index in [2.05, 4.69) is 5.32 Å². The van der Waals surface area contributed by atoms with Crippen LogP contribution in [0.25, 0.3) is 0 Å². The Morgan fingerprint density at radius 3 is 2.86 bits per heavy atom. The van der Waals surface area contributed by atoms with Gasteiger partial charge in [-0.2, -0.15) is 0 Å². The second-order valence-corrected chi connectivity index (χ2v) is 5.60. The number of nitro groups is 1. The highest BCUT2D eigenvalue weighted by atomic mass is 16.6. The molecular weight excluding hydrogens is 286 g/mol. The number of carbonyl (C=O) groups excluding carboxylic acids is 1. The van der Waals surface area contributed by atoms with Gasteiger partial charge in [0.05, 0.1) is 12.0 Å². The van der Waals surface area contributed by atoms with E-state index in [0.717, 1.165) is 19.3 Å². The van der Waals surface area contributed by atoms with E-state index in [0.29, 0.717) is 12.0 Å². The number of nitrogens with two attached hydrogens (primary N) is 1. The van der Waals surface area contributed by atoms with E-state index in [-0.39, 0.29) is 35.8 Å². The highest BCUT2D eigenvalue weighted by molar-refractivity contribution is 5.76. The Hall–Kier alpha value is -2.15. The molecule has 22 heavy (non-hydrogen) atoms. The number of rotatable bonds is 6. The molecule has 2 rings (SSSR count). The second-order valence-electron chi connectivity index (χ2n) is 5.60. The molecule has 7 nitrogen and oxygen atoms in total. The number of hydrogen-bond acceptors (Lipinski definition) is 5. The predicted molar refractivity (Wildman–Crippen MR) is 81.4 cm³/mol. The molecule has 0 bridgehead atoms. The van der Waals surface area contributed by atoms with Crippen LogP contribution in [0.3, 0.4) is 0 Å². The molecule has 1 fully saturated rings. The van der Waals surface area contributed by atoms with E-state index < -0.39 is 4.92 Å². The molecule has 3 N–H and O–H groups in total. The van der Waals surface area contributed by atoms with Gasteiger partial charge in [-0.05, 0) is 30.4 Å². The monoisotopic (exact) mass is 307 g/mol. The number of methoxy groups -OCH3 is 1. The molecule has 0 aliphatic heterocycles. The molecule has 1 saturated carbocycles. The SMILES string of the molecule is COc1ccc(CNC(=O)C[C@@H]2CCC[C@H]2N)cc1[N+](=O)[O-]. The van der Waals surface area contributed by atoms with Crippen molar-refractivity contribution in [3.63, 3.8) is 0 Å². The molecular formula is C15H21N3O4. The summed E-state index contributed by atoms with van der Waals surface area (Å²) in [5.74, 6) is 0.378. The van der Waals surface area contributed by atoms with E-state index in [9.17, 15) is 14.9 Å². The lowest BCUT2D eigenvalue weighted by molar-refractivity contribution is -0.385. The molecule has 120 valence electrons. The first-order valence-electron chi connectivity index (χ1n) is 7.35. The Morgan fingerprint density at radius 2 is 2.27 bits per heavy atom. The maximum absolute atomic E-state index is 11.9. The van der Waals surface area contributed by atoms with Gasteiger partial charge < -0.3 is 15.8 Å². The first-order valence-corrected chi connectivity index (χ1v) is 7.35. The fourth-order valence-corrected chi connectivity index (χ4v) is 2.82. The number of nitrogens with zero attached hydrogens (tertiary/aromatic N) is 1. The summed E-state index contributed by atoms with van der Waals surface area (Å²) in [5, 5.41) is 13.8. The van der Waals surface area contributed by atoms with Gasteiger partial charge in [-0.3, -0.25) is 14.9 Å². The summed E-state index contributed by atoms with van der Waals surface area (Å²) in [6.45, 7) is 0.256. The number of benzene rings is 1. The zero-order valence-electron chi connectivity index (χ0n) is 12.6. The lowest BCUT2D eigenvalue weighted by atomic mass is 10.00. The minimum absolute atomic E-state index is 0.0687. The van der Waals surface area contributed by atoms with Gasteiger partial charge in [-0.1, -0.05) is 12.5 Å². The van der Waals surface area contributed by atoms with Crippen LogP contribution < -0.4 is 15.8 Å². The topological polar surface area (TPSA) is 107 Å². The number of nitrogens with one attached hydrogen (secondary N) is 1. The van der Waals surface area contributed by atoms with E-state index in [1.807, 2.05) is 0 Å². The standard InChI is InChI=1S/C15H21N3O4/c1-22-14-6-5-10(7-13(14)18(20)21)9-17-15(19)8-11-3-2-4-12(11)16/h5-7,11-12H,2-4,8-9,16H2,1H3,(H,17,19)/t11-,12+/m0/s1. The van der Waals surface area contributed by atoms with Crippen molar-refractivity contribution < 1.29 is 14.5 Å². The summed E-state index contributed by atoms with van der Waals surface area (Å²) in [6, 6.07) is 4.76. The zero-order chi connectivity index (χ0) is 16.1. The van der Waals surface area contributed by atoms with Gasteiger partial charge in [0, 0.05) is 25.1 Å². The first kappa shape index (κ1) is 16.2. The van der Waals surface area contributed by atoms with Crippen molar-refractivity contribution in [1.82, 2.24) is 5.32 Å². The number of carbonyl (C=O) groups is 1. The molecule has 1 aromatic rings. The van der Waals surface area contributed by atoms with Crippen LogP contribution in [-0.2, 0) is 11.3 Å². The van der Waals surface area contributed by atoms with Gasteiger partial charge in [0.15, 0.2) is 5.75 Å². The van der Waals surface area contributed by atoms with Crippen molar-refractivity contribution in [1.29, 1.82) is 0 Å². The van der Waals surface area contributed by atoms with Crippen LogP contribution in [0, 0.1) is 16.0 Å². The number of amides is 1. The van der Waals surface area contributed by atoms with E-state index in [4.69, 9.17) is 10.5 Å². The molecule has 2 atom stereocenters. The lowest BCUT2D eigenvalue weighted by Crippen LogP contribution is -2.31. The van der Waals surface area contributed by atoms with Crippen molar-refractivity contribution in [2.24, 2.45) is 11.7 Å². The molecule has 1 aliphatic rings. The van der Waals surface area contributed by atoms with Gasteiger partial charge in [0.25, 0.3) is 0 Å². The van der Waals surface area contributed by atoms with Crippen LogP contribution in [0.2, 0.25) is 0 Å². The summed E-state index contributed by atoms with van der Waals surface area (Å²) in [7, 11) is 1.38. The second kappa shape index (κ2) is 7.22. The third kappa shape index (κ3) is 3.94. The van der Waals surface area contributed by atoms with Crippen LogP contribution in [0.1, 0.15) is 31.2 Å². The van der Waals surface area contributed by atoms with E-state index >= 15 is 0 Å². The Morgan fingerprint density at radius 1 is 1.50 bits per heavy atom. The molecule has 7 heteroatoms. The van der Waals surface area contributed by atoms with Crippen molar-refractivity contribution in [3.05, 3.63) is 33.9 Å². The average Bonchev–Trinajstić information content (AvgIpc) is 2.90. The number of nitro benzene ring substituents is 1. The van der Waals surface area contributed by atoms with Crippen LogP contribution in [0.4, 0.5) is 5.69 Å². The van der Waals surface area contributed by atoms with Crippen LogP contribution in [0.5, 0.6) is 5.75 Å². The Kier molecular flexibility index (Phi) is 5.32. The molecule has 0 radical (unpaired) electrons. The smallest absolute Gasteiger partial charge is 0.311 e. The van der Waals surface area contributed by atoms with Gasteiger partial charge in [0.2, 0.25) is 5.91 Å². The average molecular weight is 307 g/mol. The molecule has 0 saturated heterocycles. The van der Waals surface area contributed by atoms with Gasteiger partial charge in [-0.15, -0.1) is 0 Å². The summed E-state index contributed by atoms with van der Waals surface area (Å²) >= 11 is 0. The summed E-state index contributed by atoms with van der Waals surface area (Å²) in [5.41, 5.74) is 6.51. The number of ether oxygens (including phenoxy) is 1. The maximum atomic E-state index is 11.9. The largest absolute Gasteiger partial charge is 0.490 e. The van der Waals surface area contributed by atoms with E-state index in [1.54, 1.807) is 6.07 Å². The normalized spacial score (nSPS) is 20.6. The molecule has 0 aromatic heterocycles. The fraction of sp³-hybridized carbons (Fsp3) is 0.533. The van der Waals surface area contributed by atoms with Crippen LogP contribution in [-0.4, -0.2) is 24.0 Å². The predicted octanol–water partition coefficient (Wildman–Crippen LogP) is 1.74. The fourth-order valence-electron chi connectivity index (χ4n) is 2.82. The van der Waals surface area contributed by atoms with Crippen molar-refractivity contribution in [3.8, 4) is 5.75 Å². The van der Waals surface area contributed by atoms with Gasteiger partial charge in [0.1, 0.15) is 0 Å². The maximum Gasteiger partial charge on any atom is 0.311 e. The summed E-state index contributed by atoms with van der Waals surface area (Å²) in [4.78, 5) is 22.4. The summed E-state index contributed by atoms with van der Waals surface area (Å²) < 4.78 is 4.94. The Labute approximate surface area is 129 Å². The van der Waals surface area contributed by atoms with Crippen molar-refractivity contribution >= 4 is 11.6 Å². The zero-order valence-corrected chi connectivity index (χ0v) is 12.6. The van der Waals surface area contributed by atoms with Crippen molar-refractivity contribution in [2.45, 2.75) is 38.3 Å². The molecule has 0 unspecified atom stereocenters. The minimum Gasteiger partial charge on any atom is -0.490 e. The Balaban J connectivity index is 1.92. The first-order chi connectivity index (χ1) is 10.5. The highest BCUT2D eigenvalue weighted by Gasteiger charge is 2.26. The van der Waals surface area contributed by atoms with Crippen LogP contribution >= 0.6 is 0 Å². The van der Waals surface area contributed by atoms with E-state index in [1.165, 1.54) is 19.2 Å². The van der Waals surface area contributed by atoms with Gasteiger partial charge in [-0.25, -0.2) is 0 Å². The molecule has 1 aromatic carbocycles. The molecule has 1 amide bonds.